The molecular weight excluding hydrogens is 470 g/mol. The Bertz CT molecular complexity index is 1180. The molecule has 1 atom stereocenters. The van der Waals surface area contributed by atoms with Crippen molar-refractivity contribution in [2.45, 2.75) is 50.6 Å². The number of benzene rings is 2. The molecule has 0 spiro atoms. The minimum Gasteiger partial charge on any atom is -0.497 e. The molecule has 1 N–H and O–H groups in total. The predicted molar refractivity (Wildman–Crippen MR) is 130 cm³/mol. The van der Waals surface area contributed by atoms with Crippen molar-refractivity contribution in [3.63, 3.8) is 0 Å². The number of sulfonamides is 1. The van der Waals surface area contributed by atoms with E-state index in [1.807, 2.05) is 6.92 Å². The third-order valence-electron chi connectivity index (χ3n) is 5.92. The summed E-state index contributed by atoms with van der Waals surface area (Å²) in [5.74, 6) is -1.06. The van der Waals surface area contributed by atoms with Gasteiger partial charge >= 0.3 is 0 Å². The zero-order valence-corrected chi connectivity index (χ0v) is 21.0. The molecule has 1 heterocycles. The second-order valence-electron chi connectivity index (χ2n) is 8.25. The van der Waals surface area contributed by atoms with Crippen LogP contribution in [0, 0.1) is 0 Å². The number of nitrogens with zero attached hydrogens (tertiary/aromatic N) is 2. The highest BCUT2D eigenvalue weighted by Gasteiger charge is 2.43. The number of amides is 3. The lowest BCUT2D eigenvalue weighted by Crippen LogP contribution is -2.52. The number of unbranched alkanes of at least 4 members (excludes halogenated alkanes) is 1. The Labute approximate surface area is 206 Å². The average Bonchev–Trinajstić information content (AvgIpc) is 3.05. The fourth-order valence-corrected chi connectivity index (χ4v) is 5.47. The summed E-state index contributed by atoms with van der Waals surface area (Å²) in [6, 6.07) is 12.1. The summed E-state index contributed by atoms with van der Waals surface area (Å²) < 4.78 is 31.7. The van der Waals surface area contributed by atoms with Gasteiger partial charge in [0.05, 0.1) is 12.7 Å². The van der Waals surface area contributed by atoms with Gasteiger partial charge in [0, 0.05) is 13.1 Å². The van der Waals surface area contributed by atoms with Crippen LogP contribution in [-0.4, -0.2) is 61.6 Å². The number of fused-ring (bicyclic) bond motifs is 1. The van der Waals surface area contributed by atoms with E-state index in [4.69, 9.17) is 4.74 Å². The Morgan fingerprint density at radius 3 is 2.37 bits per heavy atom. The lowest BCUT2D eigenvalue weighted by Gasteiger charge is -2.31. The van der Waals surface area contributed by atoms with E-state index in [1.54, 1.807) is 44.4 Å². The number of rotatable bonds is 11. The fourth-order valence-electron chi connectivity index (χ4n) is 3.95. The number of carbonyl (C=O) groups is 3. The van der Waals surface area contributed by atoms with Gasteiger partial charge in [0.25, 0.3) is 15.9 Å². The third-order valence-corrected chi connectivity index (χ3v) is 7.71. The van der Waals surface area contributed by atoms with Crippen LogP contribution in [0.5, 0.6) is 5.75 Å². The molecule has 0 aliphatic carbocycles. The summed E-state index contributed by atoms with van der Waals surface area (Å²) >= 11 is 0. The van der Waals surface area contributed by atoms with Gasteiger partial charge in [0.15, 0.2) is 0 Å². The van der Waals surface area contributed by atoms with Crippen LogP contribution in [0.1, 0.15) is 49.0 Å². The first-order valence-corrected chi connectivity index (χ1v) is 13.0. The minimum atomic E-state index is -4.16. The molecule has 0 fully saturated rings. The zero-order chi connectivity index (χ0) is 25.6. The van der Waals surface area contributed by atoms with Crippen LogP contribution in [0.15, 0.2) is 53.4 Å². The normalized spacial score (nSPS) is 14.8. The van der Waals surface area contributed by atoms with Crippen molar-refractivity contribution in [1.82, 2.24) is 14.5 Å². The SMILES string of the molecule is CCCCNC(=O)[C@@H](CC)N(Cc1ccc(OC)cc1)C(=O)CN1C(=O)c2ccccc2S1(=O)=O. The van der Waals surface area contributed by atoms with Crippen LogP contribution in [0.3, 0.4) is 0 Å². The summed E-state index contributed by atoms with van der Waals surface area (Å²) in [5, 5.41) is 2.86. The molecule has 10 heteroatoms. The van der Waals surface area contributed by atoms with E-state index in [-0.39, 0.29) is 22.9 Å². The lowest BCUT2D eigenvalue weighted by atomic mass is 10.1. The molecule has 3 amide bonds. The molecule has 9 nitrogen and oxygen atoms in total. The molecule has 0 bridgehead atoms. The number of hydrogen-bond donors (Lipinski definition) is 1. The first-order chi connectivity index (χ1) is 16.7. The summed E-state index contributed by atoms with van der Waals surface area (Å²) in [5.41, 5.74) is 0.768. The predicted octanol–water partition coefficient (Wildman–Crippen LogP) is 2.56. The number of methoxy groups -OCH3 is 1. The van der Waals surface area contributed by atoms with Gasteiger partial charge in [-0.2, -0.15) is 0 Å². The summed E-state index contributed by atoms with van der Waals surface area (Å²) in [7, 11) is -2.61. The van der Waals surface area contributed by atoms with Crippen molar-refractivity contribution in [2.24, 2.45) is 0 Å². The molecule has 0 radical (unpaired) electrons. The second kappa shape index (κ2) is 11.4. The maximum absolute atomic E-state index is 13.5. The summed E-state index contributed by atoms with van der Waals surface area (Å²) in [4.78, 5) is 40.5. The van der Waals surface area contributed by atoms with Crippen LogP contribution in [0.25, 0.3) is 0 Å². The van der Waals surface area contributed by atoms with Crippen molar-refractivity contribution >= 4 is 27.7 Å². The largest absolute Gasteiger partial charge is 0.497 e. The van der Waals surface area contributed by atoms with E-state index in [9.17, 15) is 22.8 Å². The first kappa shape index (κ1) is 26.2. The van der Waals surface area contributed by atoms with E-state index >= 15 is 0 Å². The summed E-state index contributed by atoms with van der Waals surface area (Å²) in [6.45, 7) is 3.65. The third kappa shape index (κ3) is 5.64. The maximum Gasteiger partial charge on any atom is 0.269 e. The van der Waals surface area contributed by atoms with Gasteiger partial charge in [-0.15, -0.1) is 0 Å². The van der Waals surface area contributed by atoms with Gasteiger partial charge in [-0.3, -0.25) is 14.4 Å². The zero-order valence-electron chi connectivity index (χ0n) is 20.2. The van der Waals surface area contributed by atoms with E-state index in [2.05, 4.69) is 5.32 Å². The molecule has 188 valence electrons. The maximum atomic E-state index is 13.5. The van der Waals surface area contributed by atoms with E-state index < -0.39 is 34.4 Å². The second-order valence-corrected chi connectivity index (χ2v) is 10.1. The number of nitrogens with one attached hydrogen (secondary N) is 1. The first-order valence-electron chi connectivity index (χ1n) is 11.6. The lowest BCUT2D eigenvalue weighted by molar-refractivity contribution is -0.141. The van der Waals surface area contributed by atoms with Crippen molar-refractivity contribution in [2.75, 3.05) is 20.2 Å². The van der Waals surface area contributed by atoms with Crippen LogP contribution in [0.4, 0.5) is 0 Å². The summed E-state index contributed by atoms with van der Waals surface area (Å²) in [6.07, 6.45) is 2.02. The van der Waals surface area contributed by atoms with Crippen molar-refractivity contribution in [3.05, 3.63) is 59.7 Å². The monoisotopic (exact) mass is 501 g/mol. The van der Waals surface area contributed by atoms with Crippen molar-refractivity contribution in [1.29, 1.82) is 0 Å². The molecule has 35 heavy (non-hydrogen) atoms. The molecule has 2 aromatic carbocycles. The minimum absolute atomic E-state index is 0.0337. The van der Waals surface area contributed by atoms with Gasteiger partial charge in [0.2, 0.25) is 11.8 Å². The molecule has 1 aliphatic rings. The van der Waals surface area contributed by atoms with Gasteiger partial charge in [0.1, 0.15) is 23.2 Å². The highest BCUT2D eigenvalue weighted by Crippen LogP contribution is 2.30. The molecular formula is C25H31N3O6S. The molecule has 1 aliphatic heterocycles. The van der Waals surface area contributed by atoms with Gasteiger partial charge in [-0.25, -0.2) is 12.7 Å². The highest BCUT2D eigenvalue weighted by molar-refractivity contribution is 7.90. The quantitative estimate of drug-likeness (QED) is 0.474. The Kier molecular flexibility index (Phi) is 8.50. The Morgan fingerprint density at radius 2 is 1.77 bits per heavy atom. The molecule has 0 unspecified atom stereocenters. The average molecular weight is 502 g/mol. The van der Waals surface area contributed by atoms with Gasteiger partial charge < -0.3 is 15.0 Å². The van der Waals surface area contributed by atoms with Gasteiger partial charge in [-0.05, 0) is 42.7 Å². The molecule has 0 aromatic heterocycles. The smallest absolute Gasteiger partial charge is 0.269 e. The van der Waals surface area contributed by atoms with Crippen molar-refractivity contribution < 1.29 is 27.5 Å². The number of hydrogen-bond acceptors (Lipinski definition) is 6. The number of ether oxygens (including phenoxy) is 1. The van der Waals surface area contributed by atoms with E-state index in [1.165, 1.54) is 23.1 Å². The Balaban J connectivity index is 1.89. The standard InChI is InChI=1S/C25H31N3O6S/c1-4-6-15-26-24(30)21(5-2)27(16-18-11-13-19(34-3)14-12-18)23(29)17-28-25(31)20-9-7-8-10-22(20)35(28,32)33/h7-14,21H,4-6,15-17H2,1-3H3,(H,26,30)/t21-/m1/s1. The molecule has 3 rings (SSSR count). The van der Waals surface area contributed by atoms with Crippen molar-refractivity contribution in [3.8, 4) is 5.75 Å². The molecule has 0 saturated heterocycles. The van der Waals surface area contributed by atoms with Crippen LogP contribution in [0.2, 0.25) is 0 Å². The van der Waals surface area contributed by atoms with Crippen LogP contribution < -0.4 is 10.1 Å². The van der Waals surface area contributed by atoms with Gasteiger partial charge in [-0.1, -0.05) is 44.5 Å². The Morgan fingerprint density at radius 1 is 1.09 bits per heavy atom. The topological polar surface area (TPSA) is 113 Å². The number of carbonyl (C=O) groups excluding carboxylic acids is 3. The Hall–Kier alpha value is -3.40. The van der Waals surface area contributed by atoms with Crippen LogP contribution >= 0.6 is 0 Å². The highest BCUT2D eigenvalue weighted by atomic mass is 32.2. The van der Waals surface area contributed by atoms with E-state index in [0.717, 1.165) is 18.4 Å². The molecule has 2 aromatic rings. The fraction of sp³-hybridized carbons (Fsp3) is 0.400. The molecule has 0 saturated carbocycles. The van der Waals surface area contributed by atoms with E-state index in [0.29, 0.717) is 23.0 Å². The van der Waals surface area contributed by atoms with Crippen LogP contribution in [-0.2, 0) is 26.2 Å².